The molecule has 1 aliphatic heterocycles. The van der Waals surface area contributed by atoms with Crippen molar-refractivity contribution in [1.82, 2.24) is 0 Å². The predicted octanol–water partition coefficient (Wildman–Crippen LogP) is 4.75. The Kier molecular flexibility index (Phi) is 6.96. The third kappa shape index (κ3) is 5.15. The van der Waals surface area contributed by atoms with E-state index in [0.29, 0.717) is 53.3 Å². The van der Waals surface area contributed by atoms with E-state index in [2.05, 4.69) is 19.2 Å². The van der Waals surface area contributed by atoms with Gasteiger partial charge in [0, 0.05) is 23.9 Å². The van der Waals surface area contributed by atoms with Crippen LogP contribution in [-0.4, -0.2) is 39.2 Å². The van der Waals surface area contributed by atoms with Crippen LogP contribution in [0.5, 0.6) is 17.2 Å². The van der Waals surface area contributed by atoms with E-state index in [1.807, 2.05) is 13.8 Å². The summed E-state index contributed by atoms with van der Waals surface area (Å²) >= 11 is 0. The van der Waals surface area contributed by atoms with Crippen molar-refractivity contribution in [3.05, 3.63) is 42.0 Å². The molecule has 7 nitrogen and oxygen atoms in total. The summed E-state index contributed by atoms with van der Waals surface area (Å²) in [4.78, 5) is 28.0. The van der Waals surface area contributed by atoms with Gasteiger partial charge in [-0.05, 0) is 56.5 Å². The number of fused-ring (bicyclic) bond motifs is 1. The Bertz CT molecular complexity index is 978. The molecule has 0 spiro atoms. The van der Waals surface area contributed by atoms with Gasteiger partial charge in [0.05, 0.1) is 25.3 Å². The average molecular weight is 441 g/mol. The van der Waals surface area contributed by atoms with Crippen LogP contribution in [0.4, 0.5) is 11.4 Å². The SMILES string of the molecule is COc1cc(OC)cc(C(=O)Nc2ccc3c(c2)N(CCC(C)C)C(=O)C(C)(C)CO3)c1. The van der Waals surface area contributed by atoms with Crippen molar-refractivity contribution in [2.24, 2.45) is 11.3 Å². The fourth-order valence-electron chi connectivity index (χ4n) is 3.47. The molecule has 3 rings (SSSR count). The second kappa shape index (κ2) is 9.51. The summed E-state index contributed by atoms with van der Waals surface area (Å²) in [6.45, 7) is 8.92. The molecule has 1 heterocycles. The molecular formula is C25H32N2O5. The van der Waals surface area contributed by atoms with Crippen LogP contribution in [-0.2, 0) is 4.79 Å². The Hall–Kier alpha value is -3.22. The molecule has 32 heavy (non-hydrogen) atoms. The highest BCUT2D eigenvalue weighted by atomic mass is 16.5. The number of hydrogen-bond donors (Lipinski definition) is 1. The van der Waals surface area contributed by atoms with Crippen LogP contribution in [0.25, 0.3) is 0 Å². The number of amides is 2. The molecule has 0 radical (unpaired) electrons. The number of methoxy groups -OCH3 is 2. The summed E-state index contributed by atoms with van der Waals surface area (Å²) < 4.78 is 16.5. The number of carbonyl (C=O) groups is 2. The van der Waals surface area contributed by atoms with Gasteiger partial charge < -0.3 is 24.4 Å². The van der Waals surface area contributed by atoms with E-state index in [1.165, 1.54) is 14.2 Å². The molecule has 0 fully saturated rings. The number of benzene rings is 2. The molecule has 0 unspecified atom stereocenters. The summed E-state index contributed by atoms with van der Waals surface area (Å²) in [5.41, 5.74) is 1.00. The molecule has 7 heteroatoms. The van der Waals surface area contributed by atoms with Crippen molar-refractivity contribution in [1.29, 1.82) is 0 Å². The summed E-state index contributed by atoms with van der Waals surface area (Å²) in [7, 11) is 3.07. The Morgan fingerprint density at radius 3 is 2.38 bits per heavy atom. The van der Waals surface area contributed by atoms with Crippen molar-refractivity contribution in [3.8, 4) is 17.2 Å². The second-order valence-corrected chi connectivity index (χ2v) is 9.05. The van der Waals surface area contributed by atoms with Crippen LogP contribution in [0, 0.1) is 11.3 Å². The summed E-state index contributed by atoms with van der Waals surface area (Å²) in [5.74, 6) is 1.84. The van der Waals surface area contributed by atoms with E-state index in [-0.39, 0.29) is 11.8 Å². The lowest BCUT2D eigenvalue weighted by Gasteiger charge is -2.28. The van der Waals surface area contributed by atoms with Crippen molar-refractivity contribution >= 4 is 23.2 Å². The summed E-state index contributed by atoms with van der Waals surface area (Å²) in [5, 5.41) is 2.91. The number of anilines is 2. The van der Waals surface area contributed by atoms with E-state index in [1.54, 1.807) is 41.3 Å². The number of nitrogens with zero attached hydrogens (tertiary/aromatic N) is 1. The zero-order valence-corrected chi connectivity index (χ0v) is 19.7. The van der Waals surface area contributed by atoms with Crippen LogP contribution in [0.3, 0.4) is 0 Å². The number of hydrogen-bond acceptors (Lipinski definition) is 5. The standard InChI is InChI=1S/C25H32N2O5/c1-16(2)9-10-27-21-13-18(7-8-22(21)32-15-25(3,4)24(27)29)26-23(28)17-11-19(30-5)14-20(12-17)31-6/h7-8,11-14,16H,9-10,15H2,1-6H3,(H,26,28). The number of rotatable bonds is 7. The van der Waals surface area contributed by atoms with E-state index >= 15 is 0 Å². The predicted molar refractivity (Wildman–Crippen MR) is 125 cm³/mol. The minimum absolute atomic E-state index is 0.0120. The second-order valence-electron chi connectivity index (χ2n) is 9.05. The van der Waals surface area contributed by atoms with Crippen LogP contribution in [0.2, 0.25) is 0 Å². The maximum Gasteiger partial charge on any atom is 0.255 e. The molecule has 0 aliphatic carbocycles. The first-order chi connectivity index (χ1) is 15.1. The highest BCUT2D eigenvalue weighted by Crippen LogP contribution is 2.38. The quantitative estimate of drug-likeness (QED) is 0.672. The Morgan fingerprint density at radius 1 is 1.12 bits per heavy atom. The summed E-state index contributed by atoms with van der Waals surface area (Å²) in [6.07, 6.45) is 0.863. The largest absolute Gasteiger partial charge is 0.497 e. The van der Waals surface area contributed by atoms with E-state index in [0.717, 1.165) is 6.42 Å². The van der Waals surface area contributed by atoms with Gasteiger partial charge in [0.15, 0.2) is 0 Å². The molecule has 0 saturated carbocycles. The maximum atomic E-state index is 13.3. The van der Waals surface area contributed by atoms with Crippen LogP contribution >= 0.6 is 0 Å². The van der Waals surface area contributed by atoms with E-state index < -0.39 is 5.41 Å². The molecule has 172 valence electrons. The molecular weight excluding hydrogens is 408 g/mol. The first kappa shape index (κ1) is 23.4. The van der Waals surface area contributed by atoms with Gasteiger partial charge in [-0.25, -0.2) is 0 Å². The number of ether oxygens (including phenoxy) is 3. The zero-order valence-electron chi connectivity index (χ0n) is 19.7. The molecule has 2 aromatic rings. The molecule has 1 aliphatic rings. The fourth-order valence-corrected chi connectivity index (χ4v) is 3.47. The van der Waals surface area contributed by atoms with Crippen molar-refractivity contribution in [3.63, 3.8) is 0 Å². The van der Waals surface area contributed by atoms with Crippen LogP contribution in [0.1, 0.15) is 44.5 Å². The van der Waals surface area contributed by atoms with Gasteiger partial charge in [-0.2, -0.15) is 0 Å². The number of nitrogens with one attached hydrogen (secondary N) is 1. The third-order valence-electron chi connectivity index (χ3n) is 5.46. The average Bonchev–Trinajstić information content (AvgIpc) is 2.86. The van der Waals surface area contributed by atoms with Gasteiger partial charge in [0.1, 0.15) is 23.9 Å². The topological polar surface area (TPSA) is 77.1 Å². The van der Waals surface area contributed by atoms with Gasteiger partial charge in [-0.3, -0.25) is 9.59 Å². The van der Waals surface area contributed by atoms with Crippen molar-refractivity contribution < 1.29 is 23.8 Å². The first-order valence-corrected chi connectivity index (χ1v) is 10.8. The lowest BCUT2D eigenvalue weighted by Crippen LogP contribution is -2.42. The minimum Gasteiger partial charge on any atom is -0.497 e. The number of carbonyl (C=O) groups excluding carboxylic acids is 2. The highest BCUT2D eigenvalue weighted by Gasteiger charge is 2.37. The molecule has 2 aromatic carbocycles. The lowest BCUT2D eigenvalue weighted by atomic mass is 9.92. The Labute approximate surface area is 189 Å². The monoisotopic (exact) mass is 440 g/mol. The van der Waals surface area contributed by atoms with Crippen LogP contribution in [0.15, 0.2) is 36.4 Å². The zero-order chi connectivity index (χ0) is 23.5. The first-order valence-electron chi connectivity index (χ1n) is 10.8. The molecule has 2 amide bonds. The van der Waals surface area contributed by atoms with Gasteiger partial charge in [0.2, 0.25) is 5.91 Å². The summed E-state index contributed by atoms with van der Waals surface area (Å²) in [6, 6.07) is 10.4. The highest BCUT2D eigenvalue weighted by molar-refractivity contribution is 6.06. The Morgan fingerprint density at radius 2 is 1.78 bits per heavy atom. The van der Waals surface area contributed by atoms with Gasteiger partial charge >= 0.3 is 0 Å². The molecule has 1 N–H and O–H groups in total. The third-order valence-corrected chi connectivity index (χ3v) is 5.46. The van der Waals surface area contributed by atoms with E-state index in [4.69, 9.17) is 14.2 Å². The molecule has 0 bridgehead atoms. The van der Waals surface area contributed by atoms with Gasteiger partial charge in [-0.15, -0.1) is 0 Å². The van der Waals surface area contributed by atoms with Crippen molar-refractivity contribution in [2.45, 2.75) is 34.1 Å². The van der Waals surface area contributed by atoms with Crippen molar-refractivity contribution in [2.75, 3.05) is 37.6 Å². The Balaban J connectivity index is 1.92. The molecule has 0 atom stereocenters. The maximum absolute atomic E-state index is 13.3. The molecule has 0 saturated heterocycles. The van der Waals surface area contributed by atoms with Crippen LogP contribution < -0.4 is 24.4 Å². The van der Waals surface area contributed by atoms with E-state index in [9.17, 15) is 9.59 Å². The minimum atomic E-state index is -0.642. The fraction of sp³-hybridized carbons (Fsp3) is 0.440. The van der Waals surface area contributed by atoms with Gasteiger partial charge in [-0.1, -0.05) is 13.8 Å². The van der Waals surface area contributed by atoms with Gasteiger partial charge in [0.25, 0.3) is 5.91 Å². The molecule has 0 aromatic heterocycles. The lowest BCUT2D eigenvalue weighted by molar-refractivity contribution is -0.127. The smallest absolute Gasteiger partial charge is 0.255 e. The normalized spacial score (nSPS) is 15.0.